The number of hydrogen-bond donors (Lipinski definition) is 0. The summed E-state index contributed by atoms with van der Waals surface area (Å²) in [4.78, 5) is 14.3. The second kappa shape index (κ2) is 6.89. The first-order valence-electron chi connectivity index (χ1n) is 7.53. The molecule has 122 valence electrons. The molecule has 1 fully saturated rings. The number of benzene rings is 1. The predicted molar refractivity (Wildman–Crippen MR) is 92.1 cm³/mol. The zero-order valence-electron chi connectivity index (χ0n) is 12.8. The van der Waals surface area contributed by atoms with Crippen molar-refractivity contribution in [2.24, 2.45) is 0 Å². The molecule has 3 rings (SSSR count). The van der Waals surface area contributed by atoms with Crippen molar-refractivity contribution in [2.75, 3.05) is 18.6 Å². The molecule has 2 aromatic rings. The molecule has 1 aliphatic rings. The first kappa shape index (κ1) is 16.3. The van der Waals surface area contributed by atoms with Crippen molar-refractivity contribution in [1.29, 1.82) is 0 Å². The van der Waals surface area contributed by atoms with Gasteiger partial charge in [-0.05, 0) is 37.1 Å². The summed E-state index contributed by atoms with van der Waals surface area (Å²) in [6, 6.07) is 10.9. The van der Waals surface area contributed by atoms with Crippen LogP contribution in [0, 0.1) is 0 Å². The lowest BCUT2D eigenvalue weighted by Gasteiger charge is -2.30. The SMILES string of the molecule is CN(C(=O)c1ccc(-c2ccccc2Cl)o1)C1CCS(=O)CC1. The highest BCUT2D eigenvalue weighted by molar-refractivity contribution is 7.85. The molecule has 0 radical (unpaired) electrons. The molecule has 1 saturated heterocycles. The molecule has 1 amide bonds. The van der Waals surface area contributed by atoms with E-state index in [9.17, 15) is 9.00 Å². The Balaban J connectivity index is 1.76. The van der Waals surface area contributed by atoms with E-state index in [1.807, 2.05) is 18.2 Å². The molecule has 0 spiro atoms. The minimum absolute atomic E-state index is 0.120. The molecule has 4 nitrogen and oxygen atoms in total. The van der Waals surface area contributed by atoms with Crippen LogP contribution in [-0.4, -0.2) is 39.6 Å². The Morgan fingerprint density at radius 2 is 1.91 bits per heavy atom. The van der Waals surface area contributed by atoms with Gasteiger partial charge in [-0.1, -0.05) is 23.7 Å². The zero-order valence-corrected chi connectivity index (χ0v) is 14.4. The molecular formula is C17H18ClNO3S. The molecule has 6 heteroatoms. The van der Waals surface area contributed by atoms with Gasteiger partial charge in [-0.15, -0.1) is 0 Å². The van der Waals surface area contributed by atoms with Crippen molar-refractivity contribution in [3.05, 3.63) is 47.2 Å². The average molecular weight is 352 g/mol. The van der Waals surface area contributed by atoms with Crippen LogP contribution in [0.1, 0.15) is 23.4 Å². The normalized spacial score (nSPS) is 21.1. The van der Waals surface area contributed by atoms with Gasteiger partial charge in [0.25, 0.3) is 5.91 Å². The van der Waals surface area contributed by atoms with Gasteiger partial charge < -0.3 is 9.32 Å². The molecule has 0 aliphatic carbocycles. The highest BCUT2D eigenvalue weighted by atomic mass is 35.5. The Morgan fingerprint density at radius 3 is 2.61 bits per heavy atom. The molecule has 0 unspecified atom stereocenters. The summed E-state index contributed by atoms with van der Waals surface area (Å²) in [7, 11) is 1.04. The van der Waals surface area contributed by atoms with Crippen LogP contribution in [0.4, 0.5) is 0 Å². The first-order valence-corrected chi connectivity index (χ1v) is 9.39. The van der Waals surface area contributed by atoms with Crippen LogP contribution in [0.25, 0.3) is 11.3 Å². The standard InChI is InChI=1S/C17H18ClNO3S/c1-19(12-8-10-23(21)11-9-12)17(20)16-7-6-15(22-16)13-4-2-3-5-14(13)18/h2-7,12H,8-11H2,1H3. The quantitative estimate of drug-likeness (QED) is 0.849. The Labute approximate surface area is 142 Å². The second-order valence-electron chi connectivity index (χ2n) is 5.64. The molecule has 0 atom stereocenters. The van der Waals surface area contributed by atoms with E-state index in [0.717, 1.165) is 18.4 Å². The number of hydrogen-bond acceptors (Lipinski definition) is 3. The first-order chi connectivity index (χ1) is 11.1. The predicted octanol–water partition coefficient (Wildman–Crippen LogP) is 3.58. The van der Waals surface area contributed by atoms with E-state index in [4.69, 9.17) is 16.0 Å². The van der Waals surface area contributed by atoms with Crippen LogP contribution in [0.2, 0.25) is 5.02 Å². The summed E-state index contributed by atoms with van der Waals surface area (Å²) in [5, 5.41) is 0.587. The second-order valence-corrected chi connectivity index (χ2v) is 7.74. The lowest BCUT2D eigenvalue weighted by atomic mass is 10.1. The molecule has 0 bridgehead atoms. The maximum atomic E-state index is 12.6. The lowest BCUT2D eigenvalue weighted by molar-refractivity contribution is 0.0691. The number of rotatable bonds is 3. The molecule has 1 aromatic carbocycles. The highest BCUT2D eigenvalue weighted by Gasteiger charge is 2.27. The Bertz CT molecular complexity index is 733. The van der Waals surface area contributed by atoms with Crippen molar-refractivity contribution in [1.82, 2.24) is 4.90 Å². The summed E-state index contributed by atoms with van der Waals surface area (Å²) in [6.07, 6.45) is 1.54. The summed E-state index contributed by atoms with van der Waals surface area (Å²) in [6.45, 7) is 0. The van der Waals surface area contributed by atoms with Crippen molar-refractivity contribution in [3.8, 4) is 11.3 Å². The number of furan rings is 1. The molecule has 1 aromatic heterocycles. The van der Waals surface area contributed by atoms with Crippen LogP contribution in [0.3, 0.4) is 0 Å². The Kier molecular flexibility index (Phi) is 4.87. The van der Waals surface area contributed by atoms with Crippen LogP contribution < -0.4 is 0 Å². The molecular weight excluding hydrogens is 334 g/mol. The average Bonchev–Trinajstić information content (AvgIpc) is 3.04. The fourth-order valence-corrected chi connectivity index (χ4v) is 4.27. The van der Waals surface area contributed by atoms with Gasteiger partial charge in [0.1, 0.15) is 5.76 Å². The van der Waals surface area contributed by atoms with Gasteiger partial charge in [0.05, 0.1) is 5.02 Å². The van der Waals surface area contributed by atoms with Crippen LogP contribution in [0.15, 0.2) is 40.8 Å². The maximum Gasteiger partial charge on any atom is 0.289 e. The van der Waals surface area contributed by atoms with Gasteiger partial charge in [-0.25, -0.2) is 0 Å². The highest BCUT2D eigenvalue weighted by Crippen LogP contribution is 2.29. The van der Waals surface area contributed by atoms with E-state index in [0.29, 0.717) is 28.0 Å². The van der Waals surface area contributed by atoms with Gasteiger partial charge in [0.2, 0.25) is 0 Å². The fraction of sp³-hybridized carbons (Fsp3) is 0.353. The number of nitrogens with zero attached hydrogens (tertiary/aromatic N) is 1. The third-order valence-electron chi connectivity index (χ3n) is 4.18. The van der Waals surface area contributed by atoms with E-state index >= 15 is 0 Å². The monoisotopic (exact) mass is 351 g/mol. The van der Waals surface area contributed by atoms with E-state index in [1.54, 1.807) is 30.1 Å². The van der Waals surface area contributed by atoms with E-state index in [-0.39, 0.29) is 11.9 Å². The zero-order chi connectivity index (χ0) is 16.4. The Morgan fingerprint density at radius 1 is 1.22 bits per heavy atom. The number of carbonyl (C=O) groups excluding carboxylic acids is 1. The van der Waals surface area contributed by atoms with Crippen molar-refractivity contribution in [2.45, 2.75) is 18.9 Å². The largest absolute Gasteiger partial charge is 0.451 e. The molecule has 0 N–H and O–H groups in total. The van der Waals surface area contributed by atoms with Crippen LogP contribution >= 0.6 is 11.6 Å². The molecule has 23 heavy (non-hydrogen) atoms. The minimum atomic E-state index is -0.735. The van der Waals surface area contributed by atoms with Crippen LogP contribution in [0.5, 0.6) is 0 Å². The van der Waals surface area contributed by atoms with Gasteiger partial charge >= 0.3 is 0 Å². The third kappa shape index (κ3) is 3.51. The van der Waals surface area contributed by atoms with Gasteiger partial charge in [0, 0.05) is 41.0 Å². The number of carbonyl (C=O) groups is 1. The molecule has 0 saturated carbocycles. The van der Waals surface area contributed by atoms with E-state index in [2.05, 4.69) is 0 Å². The lowest BCUT2D eigenvalue weighted by Crippen LogP contribution is -2.41. The van der Waals surface area contributed by atoms with Crippen molar-refractivity contribution in [3.63, 3.8) is 0 Å². The number of halogens is 1. The van der Waals surface area contributed by atoms with Gasteiger partial charge in [-0.3, -0.25) is 9.00 Å². The Hall–Kier alpha value is -1.59. The van der Waals surface area contributed by atoms with Crippen LogP contribution in [-0.2, 0) is 10.8 Å². The van der Waals surface area contributed by atoms with E-state index in [1.165, 1.54) is 0 Å². The summed E-state index contributed by atoms with van der Waals surface area (Å²) >= 11 is 6.16. The minimum Gasteiger partial charge on any atom is -0.451 e. The smallest absolute Gasteiger partial charge is 0.289 e. The topological polar surface area (TPSA) is 50.5 Å². The van der Waals surface area contributed by atoms with Gasteiger partial charge in [0.15, 0.2) is 5.76 Å². The summed E-state index contributed by atoms with van der Waals surface area (Å²) < 4.78 is 17.1. The maximum absolute atomic E-state index is 12.6. The molecule has 2 heterocycles. The van der Waals surface area contributed by atoms with E-state index < -0.39 is 10.8 Å². The fourth-order valence-electron chi connectivity index (χ4n) is 2.77. The summed E-state index contributed by atoms with van der Waals surface area (Å²) in [5.74, 6) is 2.04. The third-order valence-corrected chi connectivity index (χ3v) is 5.89. The number of amides is 1. The summed E-state index contributed by atoms with van der Waals surface area (Å²) in [5.41, 5.74) is 0.768. The van der Waals surface area contributed by atoms with Crippen molar-refractivity contribution >= 4 is 28.3 Å². The molecule has 1 aliphatic heterocycles. The van der Waals surface area contributed by atoms with Gasteiger partial charge in [-0.2, -0.15) is 0 Å². The van der Waals surface area contributed by atoms with Crippen molar-refractivity contribution < 1.29 is 13.4 Å².